The minimum atomic E-state index is 0.144. The lowest BCUT2D eigenvalue weighted by atomic mass is 10.0. The van der Waals surface area contributed by atoms with Gasteiger partial charge in [-0.05, 0) is 51.2 Å². The number of amides is 1. The molecule has 1 aliphatic rings. The van der Waals surface area contributed by atoms with Crippen molar-refractivity contribution in [2.45, 2.75) is 25.9 Å². The van der Waals surface area contributed by atoms with Crippen LogP contribution in [-0.4, -0.2) is 59.3 Å². The normalized spacial score (nSPS) is 17.0. The Morgan fingerprint density at radius 2 is 2.04 bits per heavy atom. The molecule has 0 saturated heterocycles. The molecule has 0 bridgehead atoms. The van der Waals surface area contributed by atoms with Crippen molar-refractivity contribution in [2.24, 2.45) is 5.92 Å². The summed E-state index contributed by atoms with van der Waals surface area (Å²) in [4.78, 5) is 16.9. The summed E-state index contributed by atoms with van der Waals surface area (Å²) >= 11 is 0. The number of hydrogen-bond donors (Lipinski definition) is 0. The lowest BCUT2D eigenvalue weighted by Gasteiger charge is -2.25. The molecule has 0 aliphatic carbocycles. The second kappa shape index (κ2) is 8.85. The molecule has 6 heteroatoms. The Kier molecular flexibility index (Phi) is 6.28. The van der Waals surface area contributed by atoms with Crippen LogP contribution in [0.15, 0.2) is 42.6 Å². The molecule has 1 aromatic carbocycles. The molecule has 0 unspecified atom stereocenters. The van der Waals surface area contributed by atoms with E-state index >= 15 is 0 Å². The van der Waals surface area contributed by atoms with Crippen molar-refractivity contribution < 1.29 is 9.53 Å². The zero-order valence-corrected chi connectivity index (χ0v) is 15.7. The van der Waals surface area contributed by atoms with Gasteiger partial charge in [-0.1, -0.05) is 18.2 Å². The molecule has 0 spiro atoms. The summed E-state index contributed by atoms with van der Waals surface area (Å²) in [5.41, 5.74) is 1.11. The first kappa shape index (κ1) is 18.5. The fourth-order valence-electron chi connectivity index (χ4n) is 3.28. The van der Waals surface area contributed by atoms with Crippen LogP contribution in [0.5, 0.6) is 5.75 Å². The smallest absolute Gasteiger partial charge is 0.226 e. The summed E-state index contributed by atoms with van der Waals surface area (Å²) in [6, 6.07) is 11.6. The Bertz CT molecular complexity index is 699. The standard InChI is InChI=1S/C20H28N4O2/c1-22(2)12-9-17-14-23(16-18-8-11-21-24(18)15-17)20(25)10-13-26-19-6-4-3-5-7-19/h3-8,11,17H,9-10,12-16H2,1-2H3/t17-/m0/s1. The molecule has 3 rings (SSSR count). The first-order chi connectivity index (χ1) is 12.6. The lowest BCUT2D eigenvalue weighted by molar-refractivity contribution is -0.132. The number of aromatic nitrogens is 2. The SMILES string of the molecule is CN(C)CC[C@H]1CN(C(=O)CCOc2ccccc2)Cc2ccnn2C1. The molecule has 1 atom stereocenters. The summed E-state index contributed by atoms with van der Waals surface area (Å²) < 4.78 is 7.74. The van der Waals surface area contributed by atoms with Crippen molar-refractivity contribution in [3.63, 3.8) is 0 Å². The molecule has 6 nitrogen and oxygen atoms in total. The van der Waals surface area contributed by atoms with Crippen molar-refractivity contribution in [1.82, 2.24) is 19.6 Å². The van der Waals surface area contributed by atoms with Crippen LogP contribution in [0.3, 0.4) is 0 Å². The summed E-state index contributed by atoms with van der Waals surface area (Å²) in [5, 5.41) is 4.43. The maximum absolute atomic E-state index is 12.8. The van der Waals surface area contributed by atoms with E-state index in [1.807, 2.05) is 52.2 Å². The van der Waals surface area contributed by atoms with Gasteiger partial charge in [-0.25, -0.2) is 0 Å². The highest BCUT2D eigenvalue weighted by Gasteiger charge is 2.25. The molecular weight excluding hydrogens is 328 g/mol. The average Bonchev–Trinajstić information content (AvgIpc) is 2.98. The van der Waals surface area contributed by atoms with E-state index in [2.05, 4.69) is 24.1 Å². The van der Waals surface area contributed by atoms with E-state index < -0.39 is 0 Å². The summed E-state index contributed by atoms with van der Waals surface area (Å²) in [6.07, 6.45) is 3.27. The average molecular weight is 356 g/mol. The molecule has 26 heavy (non-hydrogen) atoms. The van der Waals surface area contributed by atoms with Crippen LogP contribution in [0.25, 0.3) is 0 Å². The van der Waals surface area contributed by atoms with Crippen molar-refractivity contribution in [1.29, 1.82) is 0 Å². The number of nitrogens with zero attached hydrogens (tertiary/aromatic N) is 4. The van der Waals surface area contributed by atoms with Crippen LogP contribution < -0.4 is 4.74 Å². The minimum absolute atomic E-state index is 0.144. The van der Waals surface area contributed by atoms with Crippen LogP contribution in [-0.2, 0) is 17.9 Å². The molecule has 0 saturated carbocycles. The molecule has 1 aromatic heterocycles. The van der Waals surface area contributed by atoms with Gasteiger partial charge in [0.25, 0.3) is 0 Å². The number of para-hydroxylation sites is 1. The van der Waals surface area contributed by atoms with Gasteiger partial charge in [0.1, 0.15) is 5.75 Å². The van der Waals surface area contributed by atoms with Gasteiger partial charge in [0, 0.05) is 19.3 Å². The van der Waals surface area contributed by atoms with Crippen molar-refractivity contribution in [3.05, 3.63) is 48.3 Å². The number of ether oxygens (including phenoxy) is 1. The number of rotatable bonds is 7. The van der Waals surface area contributed by atoms with Gasteiger partial charge in [-0.3, -0.25) is 9.48 Å². The number of carbonyl (C=O) groups excluding carboxylic acids is 1. The van der Waals surface area contributed by atoms with Crippen molar-refractivity contribution in [2.75, 3.05) is 33.8 Å². The highest BCUT2D eigenvalue weighted by molar-refractivity contribution is 5.76. The van der Waals surface area contributed by atoms with Crippen molar-refractivity contribution >= 4 is 5.91 Å². The monoisotopic (exact) mass is 356 g/mol. The van der Waals surface area contributed by atoms with E-state index in [1.54, 1.807) is 0 Å². The maximum Gasteiger partial charge on any atom is 0.226 e. The predicted molar refractivity (Wildman–Crippen MR) is 101 cm³/mol. The van der Waals surface area contributed by atoms with Gasteiger partial charge < -0.3 is 14.5 Å². The van der Waals surface area contributed by atoms with Gasteiger partial charge in [-0.2, -0.15) is 5.10 Å². The highest BCUT2D eigenvalue weighted by atomic mass is 16.5. The fourth-order valence-corrected chi connectivity index (χ4v) is 3.28. The number of carbonyl (C=O) groups is 1. The van der Waals surface area contributed by atoms with Crippen molar-refractivity contribution in [3.8, 4) is 5.75 Å². The number of fused-ring (bicyclic) bond motifs is 1. The molecule has 0 fully saturated rings. The number of benzene rings is 1. The van der Waals surface area contributed by atoms with Crippen LogP contribution >= 0.6 is 0 Å². The van der Waals surface area contributed by atoms with Crippen LogP contribution in [0.1, 0.15) is 18.5 Å². The zero-order chi connectivity index (χ0) is 18.4. The Labute approximate surface area is 155 Å². The third-order valence-electron chi connectivity index (χ3n) is 4.73. The zero-order valence-electron chi connectivity index (χ0n) is 15.7. The topological polar surface area (TPSA) is 50.6 Å². The van der Waals surface area contributed by atoms with Gasteiger partial charge in [0.15, 0.2) is 0 Å². The maximum atomic E-state index is 12.8. The number of hydrogen-bond acceptors (Lipinski definition) is 4. The van der Waals surface area contributed by atoms with Gasteiger partial charge in [0.2, 0.25) is 5.91 Å². The van der Waals surface area contributed by atoms with Gasteiger partial charge in [-0.15, -0.1) is 0 Å². The minimum Gasteiger partial charge on any atom is -0.493 e. The first-order valence-corrected chi connectivity index (χ1v) is 9.23. The second-order valence-corrected chi connectivity index (χ2v) is 7.15. The van der Waals surface area contributed by atoms with E-state index in [4.69, 9.17) is 4.74 Å². The van der Waals surface area contributed by atoms with E-state index in [0.29, 0.717) is 25.5 Å². The Morgan fingerprint density at radius 3 is 2.81 bits per heavy atom. The van der Waals surface area contributed by atoms with Crippen LogP contribution in [0.2, 0.25) is 0 Å². The molecule has 1 aliphatic heterocycles. The highest BCUT2D eigenvalue weighted by Crippen LogP contribution is 2.19. The molecule has 2 aromatic rings. The first-order valence-electron chi connectivity index (χ1n) is 9.23. The molecule has 0 radical (unpaired) electrons. The summed E-state index contributed by atoms with van der Waals surface area (Å²) in [7, 11) is 4.17. The van der Waals surface area contributed by atoms with E-state index in [1.165, 1.54) is 0 Å². The van der Waals surface area contributed by atoms with E-state index in [-0.39, 0.29) is 5.91 Å². The van der Waals surface area contributed by atoms with Crippen LogP contribution in [0, 0.1) is 5.92 Å². The molecule has 2 heterocycles. The Morgan fingerprint density at radius 1 is 1.23 bits per heavy atom. The summed E-state index contributed by atoms with van der Waals surface area (Å²) in [6.45, 7) is 3.70. The third kappa shape index (κ3) is 5.08. The second-order valence-electron chi connectivity index (χ2n) is 7.15. The lowest BCUT2D eigenvalue weighted by Crippen LogP contribution is -2.35. The van der Waals surface area contributed by atoms with E-state index in [0.717, 1.165) is 37.5 Å². The Hall–Kier alpha value is -2.34. The Balaban J connectivity index is 1.58. The van der Waals surface area contributed by atoms with Gasteiger partial charge >= 0.3 is 0 Å². The molecule has 140 valence electrons. The van der Waals surface area contributed by atoms with E-state index in [9.17, 15) is 4.79 Å². The molecular formula is C20H28N4O2. The third-order valence-corrected chi connectivity index (χ3v) is 4.73. The predicted octanol–water partition coefficient (Wildman–Crippen LogP) is 2.26. The van der Waals surface area contributed by atoms with Crippen LogP contribution in [0.4, 0.5) is 0 Å². The fraction of sp³-hybridized carbons (Fsp3) is 0.500. The molecule has 1 amide bonds. The van der Waals surface area contributed by atoms with Gasteiger partial charge in [0.05, 0.1) is 25.3 Å². The summed E-state index contributed by atoms with van der Waals surface area (Å²) in [5.74, 6) is 1.36. The quantitative estimate of drug-likeness (QED) is 0.764. The largest absolute Gasteiger partial charge is 0.493 e. The molecule has 0 N–H and O–H groups in total.